The van der Waals surface area contributed by atoms with Crippen LogP contribution in [0.15, 0.2) is 0 Å². The second-order valence-electron chi connectivity index (χ2n) is 0. The molecule has 0 atom stereocenters. The summed E-state index contributed by atoms with van der Waals surface area (Å²) in [5.41, 5.74) is 0. The maximum atomic E-state index is 5.69. The third-order valence-electron chi connectivity index (χ3n) is 0. The molecule has 0 unspecified atom stereocenters. The molecule has 0 aromatic rings. The minimum atomic E-state index is 0. The molecule has 0 aliphatic rings. The van der Waals surface area contributed by atoms with Crippen LogP contribution in [0.4, 0.5) is 0 Å². The van der Waals surface area contributed by atoms with E-state index in [2.05, 4.69) is 0 Å². The van der Waals surface area contributed by atoms with Crippen LogP contribution in [0, 0.1) is 22.3 Å². The second-order valence-corrected chi connectivity index (χ2v) is 0. The standard InChI is InChI=1S/3CH3.3Au.3H/h3*1H3;;;;;;/q3*-1;;;;;;/i;;;;;;3*1+1. The Morgan fingerprint density at radius 3 is 0.667 bits per heavy atom. The summed E-state index contributed by atoms with van der Waals surface area (Å²) >= 11 is 4.58. The van der Waals surface area contributed by atoms with Crippen LogP contribution >= 0.6 is 0 Å². The molecule has 0 rings (SSSR count). The third kappa shape index (κ3) is 34.4. The Morgan fingerprint density at radius 2 is 0.667 bits per heavy atom. The Morgan fingerprint density at radius 1 is 0.667 bits per heavy atom. The van der Waals surface area contributed by atoms with E-state index < -0.39 is 0 Å². The molecule has 0 aromatic carbocycles. The molecule has 0 saturated carbocycles. The summed E-state index contributed by atoms with van der Waals surface area (Å²) in [4.78, 5) is 0. The molecule has 60 valence electrons. The van der Waals surface area contributed by atoms with E-state index in [9.17, 15) is 0 Å². The van der Waals surface area contributed by atoms with Gasteiger partial charge in [-0.1, -0.05) is 0 Å². The quantitative estimate of drug-likeness (QED) is 0.268. The molecule has 6 heavy (non-hydrogen) atoms. The van der Waals surface area contributed by atoms with Gasteiger partial charge in [0, 0.05) is 0 Å². The fourth-order valence-electron chi connectivity index (χ4n) is 0. The molecule has 0 fully saturated rings. The van der Waals surface area contributed by atoms with Crippen molar-refractivity contribution in [1.82, 2.24) is 0 Å². The molecule has 0 saturated heterocycles. The van der Waals surface area contributed by atoms with Crippen molar-refractivity contribution in [3.05, 3.63) is 22.3 Å². The van der Waals surface area contributed by atoms with Crippen molar-refractivity contribution >= 4 is 0 Å². The number of hydrogen-bond donors (Lipinski definition) is 0. The van der Waals surface area contributed by atoms with Crippen LogP contribution in [-0.2, 0) is 66.6 Å². The predicted octanol–water partition coefficient (Wildman–Crippen LogP) is 0.540. The molecular weight excluding hydrogens is 627 g/mol. The summed E-state index contributed by atoms with van der Waals surface area (Å²) in [5.74, 6) is 0. The van der Waals surface area contributed by atoms with Crippen LogP contribution in [0.25, 0.3) is 0 Å². The summed E-state index contributed by atoms with van der Waals surface area (Å²) in [6.45, 7) is 0. The molecule has 0 heterocycles. The molecule has 0 bridgehead atoms. The van der Waals surface area contributed by atoms with Crippen LogP contribution < -0.4 is 0 Å². The monoisotopic (exact) mass is 642 g/mol. The van der Waals surface area contributed by atoms with Gasteiger partial charge < -0.3 is 22.3 Å². The van der Waals surface area contributed by atoms with Crippen LogP contribution in [0.3, 0.4) is 0 Å². The van der Waals surface area contributed by atoms with E-state index >= 15 is 0 Å². The zero-order valence-corrected chi connectivity index (χ0v) is 10.4. The zero-order valence-electron chi connectivity index (χ0n) is 6.90. The summed E-state index contributed by atoms with van der Waals surface area (Å²) in [7, 11) is 0. The average Bonchev–Trinajstić information content (AvgIpc) is 1.81. The van der Waals surface area contributed by atoms with Gasteiger partial charge in [-0.3, -0.25) is 0 Å². The SMILES string of the molecule is [2H][Au].[2H][Au].[2H][Au].[CH3-].[CH3-].[CH3-]. The van der Waals surface area contributed by atoms with Gasteiger partial charge >= 0.3 is 68.6 Å². The van der Waals surface area contributed by atoms with Gasteiger partial charge in [0.2, 0.25) is 0 Å². The Kier molecular flexibility index (Phi) is 148. The van der Waals surface area contributed by atoms with Gasteiger partial charge in [-0.25, -0.2) is 0 Å². The molecule has 0 aliphatic heterocycles. The average molecular weight is 642 g/mol. The molecule has 0 nitrogen and oxygen atoms in total. The van der Waals surface area contributed by atoms with Gasteiger partial charge in [-0.15, -0.1) is 0 Å². The summed E-state index contributed by atoms with van der Waals surface area (Å²) in [6.07, 6.45) is 0. The van der Waals surface area contributed by atoms with Crippen molar-refractivity contribution in [3.63, 3.8) is 0 Å². The molecule has 0 radical (unpaired) electrons. The Hall–Kier alpha value is 2.22. The molecule has 0 aliphatic carbocycles. The van der Waals surface area contributed by atoms with E-state index in [1.807, 2.05) is 0 Å². The van der Waals surface area contributed by atoms with Gasteiger partial charge in [0.15, 0.2) is 0 Å². The van der Waals surface area contributed by atoms with Crippen molar-refractivity contribution in [2.24, 2.45) is 0 Å². The van der Waals surface area contributed by atoms with Crippen LogP contribution in [0.2, 0.25) is 0 Å². The van der Waals surface area contributed by atoms with E-state index in [-0.39, 0.29) is 22.3 Å². The van der Waals surface area contributed by atoms with Crippen molar-refractivity contribution in [3.8, 4) is 0 Å². The fourth-order valence-corrected chi connectivity index (χ4v) is 0. The van der Waals surface area contributed by atoms with E-state index in [1.165, 1.54) is 66.6 Å². The summed E-state index contributed by atoms with van der Waals surface area (Å²) in [6, 6.07) is 0. The summed E-state index contributed by atoms with van der Waals surface area (Å²) in [5, 5.41) is 0. The Bertz CT molecular complexity index is 14.3. The molecular formula is C3H12Au3-3. The third-order valence-corrected chi connectivity index (χ3v) is 0. The van der Waals surface area contributed by atoms with E-state index in [4.69, 9.17) is 2.04 Å². The number of hydrogen-bond acceptors (Lipinski definition) is 0. The molecule has 0 amide bonds. The second kappa shape index (κ2) is 56.7. The number of rotatable bonds is 0. The first kappa shape index (κ1) is 15.7. The van der Waals surface area contributed by atoms with E-state index in [0.29, 0.717) is 0 Å². The first-order valence-corrected chi connectivity index (χ1v) is 0. The normalized spacial score (nSPS) is 4.00. The molecule has 0 aromatic heterocycles. The maximum absolute atomic E-state index is 5.69. The van der Waals surface area contributed by atoms with Crippen molar-refractivity contribution in [2.45, 2.75) is 0 Å². The largest absolute Gasteiger partial charge is 0.358 e. The van der Waals surface area contributed by atoms with Gasteiger partial charge in [0.1, 0.15) is 0 Å². The van der Waals surface area contributed by atoms with Crippen LogP contribution in [0.5, 0.6) is 0 Å². The van der Waals surface area contributed by atoms with Crippen LogP contribution in [-0.4, -0.2) is 2.04 Å². The zero-order chi connectivity index (χ0) is 6.00. The topological polar surface area (TPSA) is 0 Å². The predicted molar refractivity (Wildman–Crippen MR) is 23.4 cm³/mol. The van der Waals surface area contributed by atoms with E-state index in [1.54, 1.807) is 0 Å². The minimum Gasteiger partial charge on any atom is -0.358 e. The van der Waals surface area contributed by atoms with E-state index in [0.717, 1.165) is 0 Å². The Balaban J connectivity index is -0.00000000321. The summed E-state index contributed by atoms with van der Waals surface area (Å²) < 4.78 is 17.1. The smallest absolute Gasteiger partial charge is 0.358 e. The molecule has 0 spiro atoms. The Labute approximate surface area is 90.0 Å². The van der Waals surface area contributed by atoms with Crippen LogP contribution in [0.1, 0.15) is 0 Å². The van der Waals surface area contributed by atoms with Gasteiger partial charge in [0.25, 0.3) is 0 Å². The van der Waals surface area contributed by atoms with Crippen molar-refractivity contribution < 1.29 is 66.6 Å². The van der Waals surface area contributed by atoms with Gasteiger partial charge in [-0.05, 0) is 0 Å². The van der Waals surface area contributed by atoms with Crippen molar-refractivity contribution in [1.29, 1.82) is 2.04 Å². The maximum Gasteiger partial charge on any atom is -0.358 e. The van der Waals surface area contributed by atoms with Gasteiger partial charge in [0.05, 0.1) is 0 Å². The van der Waals surface area contributed by atoms with Crippen molar-refractivity contribution in [2.75, 3.05) is 0 Å². The fraction of sp³-hybridized carbons (Fsp3) is 0. The molecule has 3 heteroatoms. The molecule has 0 N–H and O–H groups in total. The first-order valence-electron chi connectivity index (χ1n) is 0.905. The first-order chi connectivity index (χ1) is 3.00. The van der Waals surface area contributed by atoms with Gasteiger partial charge in [-0.2, -0.15) is 0 Å². The minimum absolute atomic E-state index is 0.